The highest BCUT2D eigenvalue weighted by Gasteiger charge is 2.71. The number of methoxy groups -OCH3 is 2. The van der Waals surface area contributed by atoms with Crippen molar-refractivity contribution in [3.05, 3.63) is 137 Å². The van der Waals surface area contributed by atoms with E-state index in [0.29, 0.717) is 39.3 Å². The molecule has 3 heterocycles. The van der Waals surface area contributed by atoms with Gasteiger partial charge in [-0.1, -0.05) is 91.0 Å². The Bertz CT molecular complexity index is 2050. The summed E-state index contributed by atoms with van der Waals surface area (Å²) in [6.07, 6.45) is 5.60. The monoisotopic (exact) mass is 592 g/mol. The Morgan fingerprint density at radius 2 is 1.51 bits per heavy atom. The summed E-state index contributed by atoms with van der Waals surface area (Å²) in [4.78, 5) is 51.7. The van der Waals surface area contributed by atoms with Crippen molar-refractivity contribution in [2.24, 2.45) is 5.41 Å². The van der Waals surface area contributed by atoms with Crippen LogP contribution in [0.1, 0.15) is 48.1 Å². The van der Waals surface area contributed by atoms with Crippen LogP contribution in [0.4, 0.5) is 5.69 Å². The average molecular weight is 593 g/mol. The van der Waals surface area contributed by atoms with Crippen molar-refractivity contribution < 1.29 is 23.9 Å². The highest BCUT2D eigenvalue weighted by Crippen LogP contribution is 2.62. The van der Waals surface area contributed by atoms with Crippen LogP contribution in [0.15, 0.2) is 109 Å². The van der Waals surface area contributed by atoms with Crippen LogP contribution in [0.3, 0.4) is 0 Å². The normalized spacial score (nSPS) is 20.7. The molecule has 1 aliphatic carbocycles. The number of anilines is 1. The van der Waals surface area contributed by atoms with Gasteiger partial charge < -0.3 is 14.4 Å². The van der Waals surface area contributed by atoms with Gasteiger partial charge in [0.05, 0.1) is 31.5 Å². The molecule has 0 saturated carbocycles. The van der Waals surface area contributed by atoms with Crippen LogP contribution < -0.4 is 14.4 Å². The Kier molecular flexibility index (Phi) is 6.00. The first kappa shape index (κ1) is 27.0. The number of hydrogen-bond donors (Lipinski definition) is 0. The fraction of sp³-hybridized carbons (Fsp3) is 0.158. The number of carbonyl (C=O) groups excluding carboxylic acids is 3. The van der Waals surface area contributed by atoms with Crippen molar-refractivity contribution >= 4 is 40.0 Å². The van der Waals surface area contributed by atoms with Crippen molar-refractivity contribution in [1.29, 1.82) is 0 Å². The summed E-state index contributed by atoms with van der Waals surface area (Å²) in [6, 6.07) is 27.6. The van der Waals surface area contributed by atoms with E-state index in [1.165, 1.54) is 0 Å². The Balaban J connectivity index is 1.48. The number of Topliss-reactive ketones (excluding diaryl/α,β-unsaturated/α-hetero) is 3. The summed E-state index contributed by atoms with van der Waals surface area (Å²) in [6.45, 7) is 0. The van der Waals surface area contributed by atoms with Gasteiger partial charge in [-0.05, 0) is 29.3 Å². The molecule has 5 aromatic rings. The largest absolute Gasteiger partial charge is 0.493 e. The number of fused-ring (bicyclic) bond motifs is 7. The number of hydrogen-bond acceptors (Lipinski definition) is 7. The summed E-state index contributed by atoms with van der Waals surface area (Å²) < 4.78 is 11.2. The molecule has 1 saturated heterocycles. The van der Waals surface area contributed by atoms with Crippen molar-refractivity contribution in [2.45, 2.75) is 18.0 Å². The van der Waals surface area contributed by atoms with Gasteiger partial charge in [-0.25, -0.2) is 0 Å². The number of aromatic nitrogens is 1. The molecule has 7 heteroatoms. The second-order valence-corrected chi connectivity index (χ2v) is 11.6. The van der Waals surface area contributed by atoms with Gasteiger partial charge in [-0.3, -0.25) is 19.4 Å². The Labute approximate surface area is 259 Å². The van der Waals surface area contributed by atoms with Gasteiger partial charge >= 0.3 is 0 Å². The molecular formula is C38H28N2O5. The van der Waals surface area contributed by atoms with Crippen molar-refractivity contribution in [1.82, 2.24) is 4.98 Å². The molecule has 4 aromatic carbocycles. The topological polar surface area (TPSA) is 85.8 Å². The highest BCUT2D eigenvalue weighted by molar-refractivity contribution is 6.32. The van der Waals surface area contributed by atoms with Gasteiger partial charge in [-0.15, -0.1) is 0 Å². The van der Waals surface area contributed by atoms with Crippen molar-refractivity contribution in [3.8, 4) is 11.5 Å². The second-order valence-electron chi connectivity index (χ2n) is 11.6. The molecule has 3 aliphatic rings. The quantitative estimate of drug-likeness (QED) is 0.169. The fourth-order valence-corrected chi connectivity index (χ4v) is 7.78. The van der Waals surface area contributed by atoms with E-state index in [1.807, 2.05) is 65.6 Å². The lowest BCUT2D eigenvalue weighted by Crippen LogP contribution is -2.48. The van der Waals surface area contributed by atoms with Gasteiger partial charge in [0, 0.05) is 34.2 Å². The van der Waals surface area contributed by atoms with E-state index in [1.54, 1.807) is 68.9 Å². The van der Waals surface area contributed by atoms with E-state index < -0.39 is 23.4 Å². The van der Waals surface area contributed by atoms with E-state index in [4.69, 9.17) is 14.5 Å². The molecule has 0 unspecified atom stereocenters. The van der Waals surface area contributed by atoms with Crippen molar-refractivity contribution in [3.63, 3.8) is 0 Å². The van der Waals surface area contributed by atoms with Gasteiger partial charge in [0.15, 0.2) is 28.8 Å². The standard InChI is InChI=1S/C38H28N2O5/c1-44-28-18-16-25(21-29(28)45-2)31-34(35(41)24-9-4-3-5-10-24)40-30(38(31)36(42)26-12-6-7-13-27(26)37(38)43)19-17-23-15-14-22-11-8-20-39-32(22)33(23)40/h3-21,30-31,34H,1-2H3/t30-,31-,34+/m0/s1. The first-order chi connectivity index (χ1) is 22.0. The maximum absolute atomic E-state index is 15.0. The van der Waals surface area contributed by atoms with Crippen LogP contribution in [0.25, 0.3) is 17.0 Å². The zero-order chi connectivity index (χ0) is 30.9. The lowest BCUT2D eigenvalue weighted by atomic mass is 9.64. The third-order valence-corrected chi connectivity index (χ3v) is 9.63. The molecule has 8 rings (SSSR count). The Morgan fingerprint density at radius 3 is 2.22 bits per heavy atom. The summed E-state index contributed by atoms with van der Waals surface area (Å²) in [5.74, 6) is -0.700. The molecule has 1 aromatic heterocycles. The summed E-state index contributed by atoms with van der Waals surface area (Å²) >= 11 is 0. The summed E-state index contributed by atoms with van der Waals surface area (Å²) in [5.41, 5.74) is 2.53. The van der Waals surface area contributed by atoms with Crippen LogP contribution in [0.5, 0.6) is 11.5 Å². The van der Waals surface area contributed by atoms with Gasteiger partial charge in [0.25, 0.3) is 0 Å². The van der Waals surface area contributed by atoms with Crippen LogP contribution >= 0.6 is 0 Å². The van der Waals surface area contributed by atoms with Crippen molar-refractivity contribution in [2.75, 3.05) is 19.1 Å². The smallest absolute Gasteiger partial charge is 0.185 e. The number of pyridine rings is 1. The van der Waals surface area contributed by atoms with Crippen LogP contribution in [-0.2, 0) is 0 Å². The first-order valence-corrected chi connectivity index (χ1v) is 14.8. The first-order valence-electron chi connectivity index (χ1n) is 14.8. The predicted molar refractivity (Wildman–Crippen MR) is 171 cm³/mol. The predicted octanol–water partition coefficient (Wildman–Crippen LogP) is 6.57. The average Bonchev–Trinajstić information content (AvgIpc) is 3.53. The highest BCUT2D eigenvalue weighted by atomic mass is 16.5. The lowest BCUT2D eigenvalue weighted by Gasteiger charge is -2.37. The molecule has 0 radical (unpaired) electrons. The van der Waals surface area contributed by atoms with E-state index in [-0.39, 0.29) is 17.3 Å². The number of carbonyl (C=O) groups is 3. The number of benzene rings is 4. The summed E-state index contributed by atoms with van der Waals surface area (Å²) in [5, 5.41) is 0.896. The molecule has 2 aliphatic heterocycles. The van der Waals surface area contributed by atoms with Crippen LogP contribution in [-0.4, -0.2) is 48.6 Å². The SMILES string of the molecule is COc1ccc([C@H]2[C@H](C(=O)c3ccccc3)N3c4c(ccc5cccnc45)C=C[C@H]3C23C(=O)c2ccccc2C3=O)cc1OC. The minimum Gasteiger partial charge on any atom is -0.493 e. The van der Waals surface area contributed by atoms with Gasteiger partial charge in [0.1, 0.15) is 11.5 Å². The zero-order valence-electron chi connectivity index (χ0n) is 24.6. The minimum atomic E-state index is -1.64. The maximum Gasteiger partial charge on any atom is 0.185 e. The van der Waals surface area contributed by atoms with Gasteiger partial charge in [-0.2, -0.15) is 0 Å². The third kappa shape index (κ3) is 3.58. The zero-order valence-corrected chi connectivity index (χ0v) is 24.6. The number of nitrogens with zero attached hydrogens (tertiary/aromatic N) is 2. The van der Waals surface area contributed by atoms with Crippen LogP contribution in [0, 0.1) is 5.41 Å². The van der Waals surface area contributed by atoms with Crippen LogP contribution in [0.2, 0.25) is 0 Å². The van der Waals surface area contributed by atoms with E-state index in [9.17, 15) is 14.4 Å². The van der Waals surface area contributed by atoms with E-state index in [0.717, 1.165) is 16.6 Å². The Hall–Kier alpha value is -5.56. The van der Waals surface area contributed by atoms with E-state index >= 15 is 0 Å². The molecule has 0 bridgehead atoms. The molecule has 1 spiro atoms. The van der Waals surface area contributed by atoms with Gasteiger partial charge in [0.2, 0.25) is 0 Å². The molecular weight excluding hydrogens is 564 g/mol. The number of rotatable bonds is 5. The molecule has 0 N–H and O–H groups in total. The fourth-order valence-electron chi connectivity index (χ4n) is 7.78. The lowest BCUT2D eigenvalue weighted by molar-refractivity contribution is 0.0665. The molecule has 0 amide bonds. The third-order valence-electron chi connectivity index (χ3n) is 9.63. The second kappa shape index (κ2) is 9.99. The molecule has 1 fully saturated rings. The van der Waals surface area contributed by atoms with E-state index in [2.05, 4.69) is 0 Å². The minimum absolute atomic E-state index is 0.192. The Morgan fingerprint density at radius 1 is 0.800 bits per heavy atom. The molecule has 7 nitrogen and oxygen atoms in total. The number of ketones is 3. The molecule has 220 valence electrons. The number of ether oxygens (including phenoxy) is 2. The molecule has 45 heavy (non-hydrogen) atoms. The maximum atomic E-state index is 15.0. The summed E-state index contributed by atoms with van der Waals surface area (Å²) in [7, 11) is 3.09. The molecule has 3 atom stereocenters.